The van der Waals surface area contributed by atoms with E-state index < -0.39 is 0 Å². The third-order valence-electron chi connectivity index (χ3n) is 3.33. The fourth-order valence-corrected chi connectivity index (χ4v) is 2.30. The van der Waals surface area contributed by atoms with E-state index in [9.17, 15) is 0 Å². The molecule has 1 unspecified atom stereocenters. The van der Waals surface area contributed by atoms with Crippen molar-refractivity contribution in [3.05, 3.63) is 29.8 Å². The standard InChI is InChI=1S/C15H24N4O.HI/c1-19(2)10-5-9-17-15(16)18-13-8-11-20-14-7-4-3-6-12(13)14;/h3-4,6-7,13H,5,8-11H2,1-2H3,(H3,16,17,18);1H. The molecule has 0 amide bonds. The van der Waals surface area contributed by atoms with Gasteiger partial charge in [-0.1, -0.05) is 18.2 Å². The molecule has 0 radical (unpaired) electrons. The SMILES string of the molecule is CN(C)CCCN=C(N)NC1CCOc2ccccc21.I. The molecular weight excluding hydrogens is 379 g/mol. The molecule has 3 N–H and O–H groups in total. The molecule has 0 aromatic heterocycles. The number of para-hydroxylation sites is 1. The van der Waals surface area contributed by atoms with Crippen LogP contribution < -0.4 is 15.8 Å². The second-order valence-electron chi connectivity index (χ2n) is 5.30. The number of benzene rings is 1. The zero-order valence-corrected chi connectivity index (χ0v) is 15.0. The zero-order valence-electron chi connectivity index (χ0n) is 12.7. The molecule has 6 heteroatoms. The Morgan fingerprint density at radius 2 is 2.19 bits per heavy atom. The number of ether oxygens (including phenoxy) is 1. The van der Waals surface area contributed by atoms with Gasteiger partial charge in [-0.15, -0.1) is 24.0 Å². The summed E-state index contributed by atoms with van der Waals surface area (Å²) in [6, 6.07) is 8.27. The van der Waals surface area contributed by atoms with E-state index in [1.807, 2.05) is 18.2 Å². The smallest absolute Gasteiger partial charge is 0.189 e. The Morgan fingerprint density at radius 1 is 1.43 bits per heavy atom. The largest absolute Gasteiger partial charge is 0.493 e. The Kier molecular flexibility index (Phi) is 7.81. The summed E-state index contributed by atoms with van der Waals surface area (Å²) in [6.45, 7) is 2.49. The Labute approximate surface area is 144 Å². The highest BCUT2D eigenvalue weighted by molar-refractivity contribution is 14.0. The highest BCUT2D eigenvalue weighted by Gasteiger charge is 2.20. The first-order valence-corrected chi connectivity index (χ1v) is 7.09. The average Bonchev–Trinajstić information content (AvgIpc) is 2.44. The van der Waals surface area contributed by atoms with E-state index >= 15 is 0 Å². The minimum Gasteiger partial charge on any atom is -0.493 e. The maximum Gasteiger partial charge on any atom is 0.189 e. The third kappa shape index (κ3) is 5.70. The quantitative estimate of drug-likeness (QED) is 0.341. The van der Waals surface area contributed by atoms with E-state index in [2.05, 4.69) is 35.4 Å². The molecule has 0 bridgehead atoms. The summed E-state index contributed by atoms with van der Waals surface area (Å²) in [5.74, 6) is 1.46. The van der Waals surface area contributed by atoms with Gasteiger partial charge in [-0.3, -0.25) is 4.99 Å². The van der Waals surface area contributed by atoms with Crippen molar-refractivity contribution < 1.29 is 4.74 Å². The number of fused-ring (bicyclic) bond motifs is 1. The third-order valence-corrected chi connectivity index (χ3v) is 3.33. The number of hydrogen-bond acceptors (Lipinski definition) is 3. The fourth-order valence-electron chi connectivity index (χ4n) is 2.30. The average molecular weight is 404 g/mol. The van der Waals surface area contributed by atoms with Crippen molar-refractivity contribution in [2.45, 2.75) is 18.9 Å². The van der Waals surface area contributed by atoms with Crippen LogP contribution in [-0.2, 0) is 0 Å². The van der Waals surface area contributed by atoms with E-state index in [0.717, 1.165) is 37.2 Å². The van der Waals surface area contributed by atoms with Gasteiger partial charge in [0.05, 0.1) is 12.6 Å². The Morgan fingerprint density at radius 3 is 2.95 bits per heavy atom. The van der Waals surface area contributed by atoms with Gasteiger partial charge in [-0.05, 0) is 33.1 Å². The molecule has 1 atom stereocenters. The van der Waals surface area contributed by atoms with E-state index in [-0.39, 0.29) is 30.0 Å². The number of rotatable bonds is 5. The van der Waals surface area contributed by atoms with Gasteiger partial charge in [0.2, 0.25) is 0 Å². The highest BCUT2D eigenvalue weighted by Crippen LogP contribution is 2.31. The van der Waals surface area contributed by atoms with Gasteiger partial charge in [0.1, 0.15) is 5.75 Å². The summed E-state index contributed by atoms with van der Waals surface area (Å²) in [5.41, 5.74) is 7.12. The Balaban J connectivity index is 0.00000220. The van der Waals surface area contributed by atoms with Gasteiger partial charge in [-0.2, -0.15) is 0 Å². The van der Waals surface area contributed by atoms with E-state index in [1.165, 1.54) is 0 Å². The summed E-state index contributed by atoms with van der Waals surface area (Å²) in [5, 5.41) is 3.30. The summed E-state index contributed by atoms with van der Waals surface area (Å²) in [4.78, 5) is 6.53. The lowest BCUT2D eigenvalue weighted by atomic mass is 10.0. The van der Waals surface area contributed by atoms with Gasteiger partial charge >= 0.3 is 0 Å². The van der Waals surface area contributed by atoms with Crippen LogP contribution in [0.25, 0.3) is 0 Å². The van der Waals surface area contributed by atoms with Crippen molar-refractivity contribution in [2.24, 2.45) is 10.7 Å². The van der Waals surface area contributed by atoms with E-state index in [0.29, 0.717) is 12.6 Å². The highest BCUT2D eigenvalue weighted by atomic mass is 127. The maximum atomic E-state index is 5.96. The maximum absolute atomic E-state index is 5.96. The van der Waals surface area contributed by atoms with Crippen molar-refractivity contribution in [3.8, 4) is 5.75 Å². The lowest BCUT2D eigenvalue weighted by molar-refractivity contribution is 0.262. The molecule has 1 aromatic carbocycles. The monoisotopic (exact) mass is 404 g/mol. The number of aliphatic imine (C=N–C) groups is 1. The fraction of sp³-hybridized carbons (Fsp3) is 0.533. The second-order valence-corrected chi connectivity index (χ2v) is 5.30. The molecule has 1 aromatic rings. The van der Waals surface area contributed by atoms with E-state index in [4.69, 9.17) is 10.5 Å². The predicted molar refractivity (Wildman–Crippen MR) is 97.5 cm³/mol. The van der Waals surface area contributed by atoms with Crippen molar-refractivity contribution in [1.29, 1.82) is 0 Å². The number of nitrogens with one attached hydrogen (secondary N) is 1. The molecule has 0 fully saturated rings. The minimum atomic E-state index is 0. The van der Waals surface area contributed by atoms with Crippen LogP contribution in [0.4, 0.5) is 0 Å². The van der Waals surface area contributed by atoms with Crippen LogP contribution in [0.3, 0.4) is 0 Å². The number of halogens is 1. The number of hydrogen-bond donors (Lipinski definition) is 2. The molecule has 0 aliphatic carbocycles. The summed E-state index contributed by atoms with van der Waals surface area (Å²) in [6.07, 6.45) is 1.92. The predicted octanol–water partition coefficient (Wildman–Crippen LogP) is 1.98. The molecule has 1 heterocycles. The second kappa shape index (κ2) is 9.09. The van der Waals surface area contributed by atoms with Crippen LogP contribution in [0.5, 0.6) is 5.75 Å². The van der Waals surface area contributed by atoms with Gasteiger partial charge in [-0.25, -0.2) is 0 Å². The molecule has 5 nitrogen and oxygen atoms in total. The lowest BCUT2D eigenvalue weighted by Crippen LogP contribution is -2.37. The van der Waals surface area contributed by atoms with Gasteiger partial charge in [0, 0.05) is 18.5 Å². The van der Waals surface area contributed by atoms with Crippen LogP contribution in [-0.4, -0.2) is 44.7 Å². The van der Waals surface area contributed by atoms with Crippen LogP contribution in [0, 0.1) is 0 Å². The van der Waals surface area contributed by atoms with Crippen LogP contribution in [0.15, 0.2) is 29.3 Å². The summed E-state index contributed by atoms with van der Waals surface area (Å²) in [7, 11) is 4.12. The minimum absolute atomic E-state index is 0. The first kappa shape index (κ1) is 18.0. The zero-order chi connectivity index (χ0) is 14.4. The molecule has 118 valence electrons. The number of nitrogens with two attached hydrogens (primary N) is 1. The van der Waals surface area contributed by atoms with Gasteiger partial charge in [0.15, 0.2) is 5.96 Å². The van der Waals surface area contributed by atoms with Crippen LogP contribution >= 0.6 is 24.0 Å². The normalized spacial score (nSPS) is 17.7. The number of nitrogens with zero attached hydrogens (tertiary/aromatic N) is 2. The lowest BCUT2D eigenvalue weighted by Gasteiger charge is -2.26. The molecule has 21 heavy (non-hydrogen) atoms. The van der Waals surface area contributed by atoms with Crippen LogP contribution in [0.1, 0.15) is 24.4 Å². The topological polar surface area (TPSA) is 62.9 Å². The molecule has 0 spiro atoms. The van der Waals surface area contributed by atoms with Gasteiger partial charge < -0.3 is 20.7 Å². The van der Waals surface area contributed by atoms with Crippen molar-refractivity contribution in [2.75, 3.05) is 33.8 Å². The summed E-state index contributed by atoms with van der Waals surface area (Å²) >= 11 is 0. The van der Waals surface area contributed by atoms with Crippen molar-refractivity contribution in [1.82, 2.24) is 10.2 Å². The van der Waals surface area contributed by atoms with Crippen molar-refractivity contribution >= 4 is 29.9 Å². The van der Waals surface area contributed by atoms with Crippen molar-refractivity contribution in [3.63, 3.8) is 0 Å². The number of guanidine groups is 1. The van der Waals surface area contributed by atoms with E-state index in [1.54, 1.807) is 0 Å². The van der Waals surface area contributed by atoms with Crippen LogP contribution in [0.2, 0.25) is 0 Å². The Hall–Kier alpha value is -1.02. The first-order valence-electron chi connectivity index (χ1n) is 7.09. The molecule has 0 saturated heterocycles. The molecule has 1 aliphatic rings. The first-order chi connectivity index (χ1) is 9.66. The molecule has 2 rings (SSSR count). The Bertz CT molecular complexity index is 465. The summed E-state index contributed by atoms with van der Waals surface area (Å²) < 4.78 is 5.63. The molecule has 1 aliphatic heterocycles. The van der Waals surface area contributed by atoms with Gasteiger partial charge in [0.25, 0.3) is 0 Å². The molecular formula is C15H25IN4O. The molecule has 0 saturated carbocycles.